The lowest BCUT2D eigenvalue weighted by Crippen LogP contribution is -2.43. The second-order valence-electron chi connectivity index (χ2n) is 4.89. The fraction of sp³-hybridized carbons (Fsp3) is 0.538. The summed E-state index contributed by atoms with van der Waals surface area (Å²) in [5.41, 5.74) is 6.36. The van der Waals surface area contributed by atoms with Crippen molar-refractivity contribution < 1.29 is 13.5 Å². The molecule has 0 amide bonds. The summed E-state index contributed by atoms with van der Waals surface area (Å²) in [4.78, 5) is 0.971. The summed E-state index contributed by atoms with van der Waals surface area (Å²) in [6.45, 7) is 0.744. The molecule has 0 bridgehead atoms. The van der Waals surface area contributed by atoms with Gasteiger partial charge in [-0.05, 0) is 31.0 Å². The maximum absolute atomic E-state index is 12.2. The van der Waals surface area contributed by atoms with E-state index in [1.807, 2.05) is 18.2 Å². The number of sulfonamides is 1. The Balaban J connectivity index is 1.86. The molecule has 0 saturated carbocycles. The Morgan fingerprint density at radius 3 is 2.95 bits per heavy atom. The molecule has 1 aliphatic rings. The average molecular weight is 316 g/mol. The summed E-state index contributed by atoms with van der Waals surface area (Å²) in [5, 5.41) is 9.55. The maximum Gasteiger partial charge on any atom is 0.215 e. The highest BCUT2D eigenvalue weighted by atomic mass is 32.2. The van der Waals surface area contributed by atoms with Crippen LogP contribution in [0, 0.1) is 0 Å². The van der Waals surface area contributed by atoms with Crippen molar-refractivity contribution in [2.24, 2.45) is 0 Å². The normalized spacial score (nSPS) is 20.9. The molecule has 1 saturated heterocycles. The van der Waals surface area contributed by atoms with Crippen molar-refractivity contribution in [3.05, 3.63) is 24.3 Å². The number of nitrogens with zero attached hydrogens (tertiary/aromatic N) is 1. The van der Waals surface area contributed by atoms with Crippen molar-refractivity contribution in [2.45, 2.75) is 23.8 Å². The number of piperidine rings is 1. The molecule has 1 aliphatic heterocycles. The molecule has 112 valence electrons. The zero-order chi connectivity index (χ0) is 14.6. The Kier molecular flexibility index (Phi) is 5.31. The molecule has 0 aromatic heterocycles. The van der Waals surface area contributed by atoms with Gasteiger partial charge >= 0.3 is 0 Å². The van der Waals surface area contributed by atoms with E-state index in [1.54, 1.807) is 6.07 Å². The molecule has 5 nitrogen and oxygen atoms in total. The molecule has 1 fully saturated rings. The van der Waals surface area contributed by atoms with Gasteiger partial charge in [-0.25, -0.2) is 8.42 Å². The molecule has 1 aromatic rings. The van der Waals surface area contributed by atoms with E-state index < -0.39 is 16.1 Å². The molecule has 0 unspecified atom stereocenters. The largest absolute Gasteiger partial charge is 0.399 e. The first kappa shape index (κ1) is 15.6. The summed E-state index contributed by atoms with van der Waals surface area (Å²) in [6.07, 6.45) is 0.882. The van der Waals surface area contributed by atoms with E-state index in [1.165, 1.54) is 16.1 Å². The van der Waals surface area contributed by atoms with Crippen LogP contribution in [0.4, 0.5) is 5.69 Å². The van der Waals surface area contributed by atoms with Crippen LogP contribution in [-0.2, 0) is 10.0 Å². The van der Waals surface area contributed by atoms with Crippen LogP contribution in [0.15, 0.2) is 29.2 Å². The highest BCUT2D eigenvalue weighted by Gasteiger charge is 2.27. The zero-order valence-corrected chi connectivity index (χ0v) is 12.9. The van der Waals surface area contributed by atoms with E-state index in [9.17, 15) is 13.5 Å². The van der Waals surface area contributed by atoms with Crippen LogP contribution >= 0.6 is 11.8 Å². The Bertz CT molecular complexity index is 548. The van der Waals surface area contributed by atoms with E-state index >= 15 is 0 Å². The van der Waals surface area contributed by atoms with Crippen LogP contribution in [-0.4, -0.2) is 48.5 Å². The van der Waals surface area contributed by atoms with Gasteiger partial charge in [0, 0.05) is 29.4 Å². The van der Waals surface area contributed by atoms with Crippen LogP contribution in [0.2, 0.25) is 0 Å². The molecule has 1 aromatic carbocycles. The molecular formula is C13H20N2O3S2. The number of thioether (sulfide) groups is 1. The van der Waals surface area contributed by atoms with Gasteiger partial charge in [-0.1, -0.05) is 6.07 Å². The number of anilines is 1. The fourth-order valence-electron chi connectivity index (χ4n) is 2.17. The molecule has 0 aliphatic carbocycles. The molecule has 7 heteroatoms. The van der Waals surface area contributed by atoms with Gasteiger partial charge in [0.05, 0.1) is 11.9 Å². The summed E-state index contributed by atoms with van der Waals surface area (Å²) < 4.78 is 25.7. The third kappa shape index (κ3) is 4.37. The predicted octanol–water partition coefficient (Wildman–Crippen LogP) is 1.15. The molecule has 20 heavy (non-hydrogen) atoms. The van der Waals surface area contributed by atoms with Gasteiger partial charge in [0.15, 0.2) is 0 Å². The van der Waals surface area contributed by atoms with E-state index in [2.05, 4.69) is 0 Å². The van der Waals surface area contributed by atoms with Crippen LogP contribution < -0.4 is 5.73 Å². The van der Waals surface area contributed by atoms with Gasteiger partial charge in [0.1, 0.15) is 0 Å². The molecule has 0 radical (unpaired) electrons. The lowest BCUT2D eigenvalue weighted by Gasteiger charge is -2.29. The minimum atomic E-state index is -3.28. The van der Waals surface area contributed by atoms with Gasteiger partial charge in [-0.2, -0.15) is 4.31 Å². The third-order valence-corrected chi connectivity index (χ3v) is 6.31. The number of aliphatic hydroxyl groups excluding tert-OH is 1. The molecule has 3 N–H and O–H groups in total. The summed E-state index contributed by atoms with van der Waals surface area (Å²) in [7, 11) is -3.28. The standard InChI is InChI=1S/C13H20N2O3S2/c14-11-3-1-5-13(9-11)19-7-8-20(17,18)15-6-2-4-12(16)10-15/h1,3,5,9,12,16H,2,4,6-8,10,14H2/t12-/m0/s1. The number of benzene rings is 1. The Morgan fingerprint density at radius 1 is 1.45 bits per heavy atom. The van der Waals surface area contributed by atoms with E-state index in [4.69, 9.17) is 5.73 Å². The van der Waals surface area contributed by atoms with E-state index in [-0.39, 0.29) is 12.3 Å². The van der Waals surface area contributed by atoms with Crippen LogP contribution in [0.3, 0.4) is 0 Å². The third-order valence-electron chi connectivity index (χ3n) is 3.22. The highest BCUT2D eigenvalue weighted by molar-refractivity contribution is 8.00. The Morgan fingerprint density at radius 2 is 2.25 bits per heavy atom. The maximum atomic E-state index is 12.2. The number of hydrogen-bond acceptors (Lipinski definition) is 5. The van der Waals surface area contributed by atoms with Gasteiger partial charge in [0.25, 0.3) is 0 Å². The number of rotatable bonds is 5. The number of β-amino-alcohol motifs (C(OH)–C–C–N with tert-alkyl or cyclic N) is 1. The van der Waals surface area contributed by atoms with Crippen molar-refractivity contribution in [1.82, 2.24) is 4.31 Å². The second-order valence-corrected chi connectivity index (χ2v) is 8.15. The van der Waals surface area contributed by atoms with Crippen LogP contribution in [0.5, 0.6) is 0 Å². The van der Waals surface area contributed by atoms with Gasteiger partial charge in [-0.15, -0.1) is 11.8 Å². The van der Waals surface area contributed by atoms with Gasteiger partial charge < -0.3 is 10.8 Å². The van der Waals surface area contributed by atoms with Crippen molar-refractivity contribution in [2.75, 3.05) is 30.3 Å². The van der Waals surface area contributed by atoms with Crippen molar-refractivity contribution >= 4 is 27.5 Å². The lowest BCUT2D eigenvalue weighted by molar-refractivity contribution is 0.108. The molecule has 2 rings (SSSR count). The molecule has 1 heterocycles. The van der Waals surface area contributed by atoms with Crippen LogP contribution in [0.25, 0.3) is 0 Å². The molecular weight excluding hydrogens is 296 g/mol. The first-order chi connectivity index (χ1) is 9.47. The Hall–Kier alpha value is -0.760. The number of nitrogens with two attached hydrogens (primary N) is 1. The number of aliphatic hydroxyl groups is 1. The number of nitrogen functional groups attached to an aromatic ring is 1. The highest BCUT2D eigenvalue weighted by Crippen LogP contribution is 2.21. The minimum absolute atomic E-state index is 0.0825. The summed E-state index contributed by atoms with van der Waals surface area (Å²) in [5.74, 6) is 0.567. The summed E-state index contributed by atoms with van der Waals surface area (Å²) >= 11 is 1.48. The van der Waals surface area contributed by atoms with Crippen molar-refractivity contribution in [1.29, 1.82) is 0 Å². The lowest BCUT2D eigenvalue weighted by atomic mass is 10.1. The predicted molar refractivity (Wildman–Crippen MR) is 82.2 cm³/mol. The average Bonchev–Trinajstić information content (AvgIpc) is 2.38. The minimum Gasteiger partial charge on any atom is -0.399 e. The van der Waals surface area contributed by atoms with E-state index in [0.29, 0.717) is 24.4 Å². The zero-order valence-electron chi connectivity index (χ0n) is 11.2. The first-order valence-electron chi connectivity index (χ1n) is 6.61. The quantitative estimate of drug-likeness (QED) is 0.629. The van der Waals surface area contributed by atoms with Gasteiger partial charge in [0.2, 0.25) is 10.0 Å². The topological polar surface area (TPSA) is 83.6 Å². The summed E-state index contributed by atoms with van der Waals surface area (Å²) in [6, 6.07) is 7.41. The smallest absolute Gasteiger partial charge is 0.215 e. The van der Waals surface area contributed by atoms with Crippen molar-refractivity contribution in [3.63, 3.8) is 0 Å². The van der Waals surface area contributed by atoms with Crippen molar-refractivity contribution in [3.8, 4) is 0 Å². The van der Waals surface area contributed by atoms with Crippen LogP contribution in [0.1, 0.15) is 12.8 Å². The SMILES string of the molecule is Nc1cccc(SCCS(=O)(=O)N2CCC[C@H](O)C2)c1. The second kappa shape index (κ2) is 6.80. The monoisotopic (exact) mass is 316 g/mol. The van der Waals surface area contributed by atoms with Gasteiger partial charge in [-0.3, -0.25) is 0 Å². The number of hydrogen-bond donors (Lipinski definition) is 2. The molecule has 1 atom stereocenters. The first-order valence-corrected chi connectivity index (χ1v) is 9.21. The molecule has 0 spiro atoms. The van der Waals surface area contributed by atoms with E-state index in [0.717, 1.165) is 11.3 Å². The fourth-order valence-corrected chi connectivity index (χ4v) is 5.04. The Labute approximate surface area is 124 Å².